The highest BCUT2D eigenvalue weighted by Gasteiger charge is 2.43. The van der Waals surface area contributed by atoms with Gasteiger partial charge in [-0.2, -0.15) is 13.2 Å². The van der Waals surface area contributed by atoms with Crippen LogP contribution in [-0.2, 0) is 23.8 Å². The first kappa shape index (κ1) is 22.5. The maximum atomic E-state index is 13.0. The van der Waals surface area contributed by atoms with Gasteiger partial charge in [-0.1, -0.05) is 29.3 Å². The van der Waals surface area contributed by atoms with Crippen molar-refractivity contribution in [3.63, 3.8) is 0 Å². The molecular weight excluding hydrogens is 478 g/mol. The van der Waals surface area contributed by atoms with Crippen molar-refractivity contribution in [2.24, 2.45) is 5.41 Å². The number of aliphatic hydroxyl groups is 1. The van der Waals surface area contributed by atoms with Crippen molar-refractivity contribution in [3.05, 3.63) is 51.4 Å². The number of nitrogens with one attached hydrogen (secondary N) is 1. The Hall–Kier alpha value is -2.29. The highest BCUT2D eigenvalue weighted by Crippen LogP contribution is 2.48. The molecule has 1 atom stereocenters. The van der Waals surface area contributed by atoms with Gasteiger partial charge in [0.05, 0.1) is 15.6 Å². The number of aliphatic hydroxyl groups excluding tert-OH is 1. The number of alkyl halides is 3. The third-order valence-corrected chi connectivity index (χ3v) is 7.70. The SMILES string of the molecule is O=C(CO)N1CCC2(CCc3[nH]c4c(Cl)c(Cl)cc(-c5ccc(C(F)(F)F)nc5)c4c3C2)C1. The van der Waals surface area contributed by atoms with Crippen molar-refractivity contribution in [2.75, 3.05) is 19.7 Å². The lowest BCUT2D eigenvalue weighted by atomic mass is 9.72. The van der Waals surface area contributed by atoms with Gasteiger partial charge in [0.1, 0.15) is 12.3 Å². The zero-order valence-electron chi connectivity index (χ0n) is 17.4. The molecule has 1 fully saturated rings. The Morgan fingerprint density at radius 1 is 1.27 bits per heavy atom. The van der Waals surface area contributed by atoms with E-state index in [1.165, 1.54) is 12.3 Å². The Balaban J connectivity index is 1.61. The largest absolute Gasteiger partial charge is 0.433 e. The number of amides is 1. The number of likely N-dealkylation sites (tertiary alicyclic amines) is 1. The van der Waals surface area contributed by atoms with E-state index in [0.717, 1.165) is 42.0 Å². The third kappa shape index (κ3) is 3.78. The van der Waals surface area contributed by atoms with E-state index >= 15 is 0 Å². The summed E-state index contributed by atoms with van der Waals surface area (Å²) in [5.41, 5.74) is 2.82. The van der Waals surface area contributed by atoms with Crippen molar-refractivity contribution in [2.45, 2.75) is 31.9 Å². The van der Waals surface area contributed by atoms with Crippen molar-refractivity contribution in [1.82, 2.24) is 14.9 Å². The van der Waals surface area contributed by atoms with Gasteiger partial charge in [0.2, 0.25) is 5.91 Å². The lowest BCUT2D eigenvalue weighted by Crippen LogP contribution is -2.36. The normalized spacial score (nSPS) is 20.6. The van der Waals surface area contributed by atoms with E-state index in [-0.39, 0.29) is 11.3 Å². The molecule has 5 nitrogen and oxygen atoms in total. The number of carbonyl (C=O) groups excluding carboxylic acids is 1. The van der Waals surface area contributed by atoms with E-state index in [0.29, 0.717) is 46.2 Å². The number of benzene rings is 1. The van der Waals surface area contributed by atoms with Gasteiger partial charge in [-0.25, -0.2) is 0 Å². The Morgan fingerprint density at radius 3 is 2.73 bits per heavy atom. The predicted molar refractivity (Wildman–Crippen MR) is 119 cm³/mol. The standard InChI is InChI=1S/C23H20Cl2F3N3O2/c24-15-7-13(12-1-2-17(29-9-12)23(26,27)28)19-14-8-22(5-6-31(11-22)18(33)10-32)4-3-16(14)30-21(19)20(15)25/h1-2,7,9,30,32H,3-6,8,10-11H2. The lowest BCUT2D eigenvalue weighted by Gasteiger charge is -2.33. The van der Waals surface area contributed by atoms with Gasteiger partial charge in [-0.15, -0.1) is 0 Å². The number of aromatic amines is 1. The molecule has 2 N–H and O–H groups in total. The molecule has 3 heterocycles. The quantitative estimate of drug-likeness (QED) is 0.507. The minimum absolute atomic E-state index is 0.116. The van der Waals surface area contributed by atoms with Crippen LogP contribution in [0.3, 0.4) is 0 Å². The number of hydrogen-bond donors (Lipinski definition) is 2. The number of H-pyrrole nitrogens is 1. The summed E-state index contributed by atoms with van der Waals surface area (Å²) in [5, 5.41) is 10.7. The summed E-state index contributed by atoms with van der Waals surface area (Å²) in [6.07, 6.45) is -0.170. The van der Waals surface area contributed by atoms with Crippen LogP contribution in [0.25, 0.3) is 22.0 Å². The number of aryl methyl sites for hydroxylation is 1. The van der Waals surface area contributed by atoms with Crippen LogP contribution in [0, 0.1) is 5.41 Å². The maximum Gasteiger partial charge on any atom is 0.433 e. The molecule has 174 valence electrons. The minimum Gasteiger partial charge on any atom is -0.387 e. The fraction of sp³-hybridized carbons (Fsp3) is 0.391. The first-order valence-corrected chi connectivity index (χ1v) is 11.3. The van der Waals surface area contributed by atoms with Crippen molar-refractivity contribution < 1.29 is 23.1 Å². The highest BCUT2D eigenvalue weighted by molar-refractivity contribution is 6.45. The molecule has 1 aliphatic carbocycles. The van der Waals surface area contributed by atoms with Gasteiger partial charge < -0.3 is 15.0 Å². The van der Waals surface area contributed by atoms with Crippen molar-refractivity contribution in [1.29, 1.82) is 0 Å². The predicted octanol–water partition coefficient (Wildman–Crippen LogP) is 5.26. The minimum atomic E-state index is -4.52. The zero-order valence-corrected chi connectivity index (χ0v) is 18.9. The van der Waals surface area contributed by atoms with Crippen LogP contribution in [0.5, 0.6) is 0 Å². The summed E-state index contributed by atoms with van der Waals surface area (Å²) in [7, 11) is 0. The van der Waals surface area contributed by atoms with Crippen LogP contribution in [0.4, 0.5) is 13.2 Å². The summed E-state index contributed by atoms with van der Waals surface area (Å²) in [5.74, 6) is -0.275. The highest BCUT2D eigenvalue weighted by atomic mass is 35.5. The number of nitrogens with zero attached hydrogens (tertiary/aromatic N) is 2. The summed E-state index contributed by atoms with van der Waals surface area (Å²) in [4.78, 5) is 20.7. The Labute approximate surface area is 197 Å². The Morgan fingerprint density at radius 2 is 2.06 bits per heavy atom. The number of aromatic nitrogens is 2. The molecule has 2 aliphatic rings. The van der Waals surface area contributed by atoms with Crippen LogP contribution in [0.1, 0.15) is 29.8 Å². The van der Waals surface area contributed by atoms with Gasteiger partial charge in [0.15, 0.2) is 0 Å². The van der Waals surface area contributed by atoms with E-state index in [9.17, 15) is 23.1 Å². The van der Waals surface area contributed by atoms with Gasteiger partial charge in [-0.05, 0) is 54.4 Å². The molecule has 5 rings (SSSR count). The first-order chi connectivity index (χ1) is 15.6. The molecule has 33 heavy (non-hydrogen) atoms. The van der Waals surface area contributed by atoms with E-state index in [1.54, 1.807) is 11.0 Å². The number of hydrogen-bond acceptors (Lipinski definition) is 3. The van der Waals surface area contributed by atoms with Gasteiger partial charge in [-0.3, -0.25) is 9.78 Å². The molecule has 2 aromatic heterocycles. The van der Waals surface area contributed by atoms with Gasteiger partial charge in [0, 0.05) is 35.9 Å². The van der Waals surface area contributed by atoms with E-state index < -0.39 is 18.5 Å². The van der Waals surface area contributed by atoms with E-state index in [2.05, 4.69) is 9.97 Å². The second-order valence-electron chi connectivity index (χ2n) is 8.88. The fourth-order valence-corrected chi connectivity index (χ4v) is 5.64. The monoisotopic (exact) mass is 497 g/mol. The van der Waals surface area contributed by atoms with Gasteiger partial charge in [0.25, 0.3) is 0 Å². The maximum absolute atomic E-state index is 13.0. The number of rotatable bonds is 2. The van der Waals surface area contributed by atoms with Crippen LogP contribution in [-0.4, -0.2) is 45.6 Å². The molecule has 0 radical (unpaired) electrons. The average molecular weight is 498 g/mol. The van der Waals surface area contributed by atoms with Crippen LogP contribution >= 0.6 is 23.2 Å². The number of pyridine rings is 1. The van der Waals surface area contributed by atoms with Crippen LogP contribution < -0.4 is 0 Å². The molecule has 1 aromatic carbocycles. The smallest absolute Gasteiger partial charge is 0.387 e. The molecule has 1 amide bonds. The summed E-state index contributed by atoms with van der Waals surface area (Å²) in [6.45, 7) is 0.657. The van der Waals surface area contributed by atoms with Crippen molar-refractivity contribution >= 4 is 40.0 Å². The molecule has 0 saturated carbocycles. The van der Waals surface area contributed by atoms with Crippen molar-refractivity contribution in [3.8, 4) is 11.1 Å². The second-order valence-corrected chi connectivity index (χ2v) is 9.67. The number of halogens is 5. The molecule has 3 aromatic rings. The lowest BCUT2D eigenvalue weighted by molar-refractivity contribution is -0.141. The molecule has 10 heteroatoms. The molecular formula is C23H20Cl2F3N3O2. The van der Waals surface area contributed by atoms with Crippen LogP contribution in [0.15, 0.2) is 24.4 Å². The topological polar surface area (TPSA) is 69.2 Å². The first-order valence-electron chi connectivity index (χ1n) is 10.6. The molecule has 1 aliphatic heterocycles. The van der Waals surface area contributed by atoms with Crippen LogP contribution in [0.2, 0.25) is 10.0 Å². The second kappa shape index (κ2) is 7.89. The fourth-order valence-electron chi connectivity index (χ4n) is 5.24. The number of fused-ring (bicyclic) bond motifs is 3. The molecule has 1 spiro atoms. The zero-order chi connectivity index (χ0) is 23.5. The molecule has 1 unspecified atom stereocenters. The third-order valence-electron chi connectivity index (χ3n) is 6.91. The molecule has 1 saturated heterocycles. The molecule has 0 bridgehead atoms. The van der Waals surface area contributed by atoms with E-state index in [4.69, 9.17) is 23.2 Å². The Kier molecular flexibility index (Phi) is 5.38. The average Bonchev–Trinajstić information content (AvgIpc) is 3.37. The summed E-state index contributed by atoms with van der Waals surface area (Å²) >= 11 is 12.9. The Bertz CT molecular complexity index is 1260. The summed E-state index contributed by atoms with van der Waals surface area (Å²) in [6, 6.07) is 4.02. The number of carbonyl (C=O) groups is 1. The van der Waals surface area contributed by atoms with Gasteiger partial charge >= 0.3 is 6.18 Å². The summed E-state index contributed by atoms with van der Waals surface area (Å²) < 4.78 is 39.0. The van der Waals surface area contributed by atoms with E-state index in [1.807, 2.05) is 0 Å².